The van der Waals surface area contributed by atoms with Gasteiger partial charge in [0.2, 0.25) is 5.91 Å². The minimum atomic E-state index is -3.89. The van der Waals surface area contributed by atoms with Crippen molar-refractivity contribution in [2.45, 2.75) is 69.7 Å². The summed E-state index contributed by atoms with van der Waals surface area (Å²) in [5.41, 5.74) is 3.87. The van der Waals surface area contributed by atoms with Gasteiger partial charge in [0.25, 0.3) is 5.91 Å². The van der Waals surface area contributed by atoms with Crippen LogP contribution in [0.15, 0.2) is 42.5 Å². The number of carbonyl (C=O) groups excluding carboxylic acids is 2. The van der Waals surface area contributed by atoms with E-state index in [0.29, 0.717) is 57.4 Å². The van der Waals surface area contributed by atoms with E-state index in [1.165, 1.54) is 34.8 Å². The van der Waals surface area contributed by atoms with E-state index in [0.717, 1.165) is 43.0 Å². The summed E-state index contributed by atoms with van der Waals surface area (Å²) in [6.07, 6.45) is 17.1. The molecular formula is C33H42N4O5S. The van der Waals surface area contributed by atoms with E-state index in [9.17, 15) is 18.0 Å². The number of morpholine rings is 1. The highest BCUT2D eigenvalue weighted by Crippen LogP contribution is 2.48. The van der Waals surface area contributed by atoms with E-state index >= 15 is 0 Å². The Balaban J connectivity index is 1.33. The van der Waals surface area contributed by atoms with Gasteiger partial charge in [-0.15, -0.1) is 0 Å². The molecule has 2 amide bonds. The van der Waals surface area contributed by atoms with Gasteiger partial charge in [0.05, 0.1) is 19.1 Å². The number of fused-ring (bicyclic) bond motifs is 5. The topological polar surface area (TPSA) is 101 Å². The number of nitrogens with zero attached hydrogens (tertiary/aromatic N) is 3. The highest BCUT2D eigenvalue weighted by atomic mass is 32.2. The van der Waals surface area contributed by atoms with Crippen molar-refractivity contribution in [2.75, 3.05) is 39.4 Å². The van der Waals surface area contributed by atoms with E-state index < -0.39 is 16.1 Å². The average Bonchev–Trinajstić information content (AvgIpc) is 3.65. The fraction of sp³-hybridized carbons (Fsp3) is 0.576. The molecular weight excluding hydrogens is 564 g/mol. The Kier molecular flexibility index (Phi) is 7.94. The number of hydrogen-bond acceptors (Lipinski definition) is 5. The number of ether oxygens (including phenoxy) is 1. The van der Waals surface area contributed by atoms with Crippen LogP contribution in [0.1, 0.15) is 84.8 Å². The molecule has 1 N–H and O–H groups in total. The van der Waals surface area contributed by atoms with Crippen LogP contribution in [0.2, 0.25) is 0 Å². The maximum Gasteiger partial charge on any atom is 0.304 e. The zero-order valence-electron chi connectivity index (χ0n) is 24.7. The molecule has 5 aliphatic rings. The number of amides is 2. The number of nitrogens with one attached hydrogen (secondary N) is 1. The van der Waals surface area contributed by atoms with Crippen molar-refractivity contribution in [3.05, 3.63) is 59.3 Å². The predicted octanol–water partition coefficient (Wildman–Crippen LogP) is 4.46. The van der Waals surface area contributed by atoms with Crippen LogP contribution >= 0.6 is 0 Å². The molecule has 3 unspecified atom stereocenters. The van der Waals surface area contributed by atoms with Gasteiger partial charge in [-0.2, -0.15) is 12.7 Å². The molecule has 10 heteroatoms. The highest BCUT2D eigenvalue weighted by Gasteiger charge is 2.39. The highest BCUT2D eigenvalue weighted by molar-refractivity contribution is 7.87. The fourth-order valence-electron chi connectivity index (χ4n) is 8.10. The quantitative estimate of drug-likeness (QED) is 0.542. The Labute approximate surface area is 254 Å². The molecule has 2 saturated heterocycles. The zero-order valence-corrected chi connectivity index (χ0v) is 25.6. The molecule has 2 aromatic rings. The van der Waals surface area contributed by atoms with Gasteiger partial charge in [-0.05, 0) is 61.6 Å². The van der Waals surface area contributed by atoms with E-state index in [4.69, 9.17) is 4.74 Å². The van der Waals surface area contributed by atoms with E-state index in [1.54, 1.807) is 6.07 Å². The van der Waals surface area contributed by atoms with Gasteiger partial charge in [0, 0.05) is 60.8 Å². The van der Waals surface area contributed by atoms with Crippen LogP contribution < -0.4 is 4.72 Å². The fourth-order valence-corrected chi connectivity index (χ4v) is 9.32. The van der Waals surface area contributed by atoms with Crippen LogP contribution in [0.3, 0.4) is 0 Å². The molecule has 1 aromatic carbocycles. The number of rotatable bonds is 5. The molecule has 0 bridgehead atoms. The van der Waals surface area contributed by atoms with Gasteiger partial charge in [0.1, 0.15) is 0 Å². The van der Waals surface area contributed by atoms with Gasteiger partial charge >= 0.3 is 10.2 Å². The molecule has 3 fully saturated rings. The van der Waals surface area contributed by atoms with Crippen LogP contribution in [0.4, 0.5) is 0 Å². The smallest absolute Gasteiger partial charge is 0.304 e. The molecule has 1 saturated carbocycles. The second-order valence-corrected chi connectivity index (χ2v) is 14.5. The lowest BCUT2D eigenvalue weighted by Gasteiger charge is -2.31. The summed E-state index contributed by atoms with van der Waals surface area (Å²) in [5.74, 6) is 0.131. The average molecular weight is 607 g/mol. The van der Waals surface area contributed by atoms with Crippen molar-refractivity contribution in [3.8, 4) is 0 Å². The molecule has 2 aliphatic carbocycles. The summed E-state index contributed by atoms with van der Waals surface area (Å²) in [5, 5.41) is 1.13. The second-order valence-electron chi connectivity index (χ2n) is 12.8. The molecule has 3 atom stereocenters. The molecule has 1 aromatic heterocycles. The predicted molar refractivity (Wildman–Crippen MR) is 165 cm³/mol. The molecule has 9 nitrogen and oxygen atoms in total. The third-order valence-electron chi connectivity index (χ3n) is 10.2. The van der Waals surface area contributed by atoms with Crippen LogP contribution in [-0.4, -0.2) is 73.4 Å². The van der Waals surface area contributed by atoms with Crippen LogP contribution in [0.25, 0.3) is 10.9 Å². The third-order valence-corrected chi connectivity index (χ3v) is 11.7. The lowest BCUT2D eigenvalue weighted by molar-refractivity contribution is -0.140. The van der Waals surface area contributed by atoms with E-state index in [1.807, 2.05) is 17.0 Å². The minimum absolute atomic E-state index is 0.143. The maximum absolute atomic E-state index is 14.0. The summed E-state index contributed by atoms with van der Waals surface area (Å²) in [6, 6.07) is 5.65. The maximum atomic E-state index is 14.0. The van der Waals surface area contributed by atoms with E-state index in [-0.39, 0.29) is 23.7 Å². The van der Waals surface area contributed by atoms with Crippen molar-refractivity contribution in [1.29, 1.82) is 0 Å². The lowest BCUT2D eigenvalue weighted by Crippen LogP contribution is -2.44. The van der Waals surface area contributed by atoms with Crippen molar-refractivity contribution in [2.24, 2.45) is 11.8 Å². The third kappa shape index (κ3) is 5.46. The molecule has 7 rings (SSSR count). The lowest BCUT2D eigenvalue weighted by atomic mass is 9.76. The largest absolute Gasteiger partial charge is 0.378 e. The second kappa shape index (κ2) is 11.9. The normalized spacial score (nSPS) is 26.7. The Hall–Kier alpha value is -2.95. The molecule has 4 heterocycles. The monoisotopic (exact) mass is 606 g/mol. The number of carbonyl (C=O) groups is 2. The van der Waals surface area contributed by atoms with Crippen molar-refractivity contribution in [1.82, 2.24) is 18.5 Å². The number of hydrogen-bond donors (Lipinski definition) is 1. The Bertz CT molecular complexity index is 1560. The first kappa shape index (κ1) is 28.8. The van der Waals surface area contributed by atoms with Gasteiger partial charge in [0.15, 0.2) is 0 Å². The van der Waals surface area contributed by atoms with Gasteiger partial charge in [-0.3, -0.25) is 9.59 Å². The van der Waals surface area contributed by atoms with Crippen LogP contribution in [-0.2, 0) is 26.3 Å². The van der Waals surface area contributed by atoms with Crippen molar-refractivity contribution < 1.29 is 22.7 Å². The van der Waals surface area contributed by atoms with Gasteiger partial charge in [-0.1, -0.05) is 49.6 Å². The Morgan fingerprint density at radius 3 is 2.42 bits per heavy atom. The first-order chi connectivity index (χ1) is 20.9. The first-order valence-electron chi connectivity index (χ1n) is 16.1. The van der Waals surface area contributed by atoms with Gasteiger partial charge < -0.3 is 14.2 Å². The molecule has 0 radical (unpaired) electrons. The summed E-state index contributed by atoms with van der Waals surface area (Å²) < 4.78 is 37.4. The van der Waals surface area contributed by atoms with Crippen LogP contribution in [0.5, 0.6) is 0 Å². The van der Waals surface area contributed by atoms with Crippen molar-refractivity contribution >= 4 is 32.9 Å². The molecule has 3 aliphatic heterocycles. The van der Waals surface area contributed by atoms with Crippen molar-refractivity contribution in [3.63, 3.8) is 0 Å². The summed E-state index contributed by atoms with van der Waals surface area (Å²) in [6.45, 7) is 3.76. The molecule has 43 heavy (non-hydrogen) atoms. The number of benzene rings is 1. The number of aromatic nitrogens is 1. The zero-order chi connectivity index (χ0) is 29.6. The summed E-state index contributed by atoms with van der Waals surface area (Å²) in [7, 11) is -3.89. The first-order valence-corrected chi connectivity index (χ1v) is 17.5. The summed E-state index contributed by atoms with van der Waals surface area (Å²) in [4.78, 5) is 29.3. The Morgan fingerprint density at radius 1 is 0.907 bits per heavy atom. The van der Waals surface area contributed by atoms with Crippen LogP contribution in [0, 0.1) is 11.8 Å². The molecule has 230 valence electrons. The standard InChI is InChI=1S/C33H42N4O5S/c38-32(34-43(40,41)36-14-6-7-15-36)25-12-13-28-29(21-25)37-22-26(33(39)35-16-18-42-19-17-35)20-24-10-4-5-11-27(24)31(37)30(28)23-8-2-1-3-9-23/h4-5,10-13,21,23-24,26-27H,1-3,6-9,14-20,22H2,(H,34,38). The Morgan fingerprint density at radius 2 is 1.65 bits per heavy atom. The molecule has 0 spiro atoms. The minimum Gasteiger partial charge on any atom is -0.378 e. The summed E-state index contributed by atoms with van der Waals surface area (Å²) >= 11 is 0. The van der Waals surface area contributed by atoms with E-state index in [2.05, 4.69) is 33.6 Å². The SMILES string of the molecule is O=C(NS(=O)(=O)N1CCCC1)c1ccc2c(C3CCCCC3)c3n(c2c1)CC(C(=O)N1CCOCC1)CC1C=CC=CC31. The van der Waals surface area contributed by atoms with Gasteiger partial charge in [-0.25, -0.2) is 4.72 Å². The number of allylic oxidation sites excluding steroid dienone is 4.